The highest BCUT2D eigenvalue weighted by atomic mass is 16.7. The predicted octanol–water partition coefficient (Wildman–Crippen LogP) is 1.17. The zero-order chi connectivity index (χ0) is 8.55. The number of carbonyl (C=O) groups is 1. The van der Waals surface area contributed by atoms with E-state index in [2.05, 4.69) is 10.1 Å². The summed E-state index contributed by atoms with van der Waals surface area (Å²) < 4.78 is 4.65. The molecule has 0 radical (unpaired) electrons. The van der Waals surface area contributed by atoms with Gasteiger partial charge in [0.15, 0.2) is 6.23 Å². The Balaban J connectivity index is 1.86. The lowest BCUT2D eigenvalue weighted by Crippen LogP contribution is -2.32. The number of nitrogens with one attached hydrogen (secondary N) is 1. The van der Waals surface area contributed by atoms with Gasteiger partial charge in [-0.25, -0.2) is 4.79 Å². The topological polar surface area (TPSA) is 58.6 Å². The first kappa shape index (κ1) is 7.86. The quantitative estimate of drug-likeness (QED) is 0.581. The molecule has 2 aliphatic rings. The Labute approximate surface area is 70.9 Å². The Morgan fingerprint density at radius 2 is 2.33 bits per heavy atom. The van der Waals surface area contributed by atoms with Crippen LogP contribution in [0.2, 0.25) is 0 Å². The van der Waals surface area contributed by atoms with E-state index < -0.39 is 6.16 Å². The van der Waals surface area contributed by atoms with Crippen LogP contribution in [0.3, 0.4) is 0 Å². The lowest BCUT2D eigenvalue weighted by Gasteiger charge is -2.10. The molecule has 0 spiro atoms. The van der Waals surface area contributed by atoms with Crippen molar-refractivity contribution in [3.8, 4) is 0 Å². The van der Waals surface area contributed by atoms with Gasteiger partial charge in [-0.05, 0) is 18.8 Å². The Morgan fingerprint density at radius 1 is 1.50 bits per heavy atom. The monoisotopic (exact) mass is 171 g/mol. The minimum absolute atomic E-state index is 0.252. The number of carboxylic acid groups (broad SMARTS) is 1. The van der Waals surface area contributed by atoms with Gasteiger partial charge in [-0.1, -0.05) is 6.42 Å². The van der Waals surface area contributed by atoms with E-state index in [-0.39, 0.29) is 6.23 Å². The summed E-state index contributed by atoms with van der Waals surface area (Å²) in [6.45, 7) is 0. The van der Waals surface area contributed by atoms with Crippen molar-refractivity contribution in [3.05, 3.63) is 0 Å². The SMILES string of the molecule is O=C(O)OC1C[C@H]2CCC[C@@H]2N1. The average Bonchev–Trinajstić information content (AvgIpc) is 2.43. The first-order valence-corrected chi connectivity index (χ1v) is 4.41. The highest BCUT2D eigenvalue weighted by molar-refractivity contribution is 5.57. The third-order valence-electron chi connectivity index (χ3n) is 2.82. The number of hydrogen-bond donors (Lipinski definition) is 2. The molecule has 1 saturated heterocycles. The maximum absolute atomic E-state index is 10.2. The van der Waals surface area contributed by atoms with E-state index in [1.54, 1.807) is 0 Å². The molecule has 0 aromatic heterocycles. The Bertz CT molecular complexity index is 183. The zero-order valence-electron chi connectivity index (χ0n) is 6.82. The molecule has 0 aromatic carbocycles. The van der Waals surface area contributed by atoms with Gasteiger partial charge in [0.1, 0.15) is 0 Å². The molecule has 4 nitrogen and oxygen atoms in total. The fourth-order valence-corrected chi connectivity index (χ4v) is 2.32. The minimum Gasteiger partial charge on any atom is -0.450 e. The molecule has 12 heavy (non-hydrogen) atoms. The van der Waals surface area contributed by atoms with E-state index in [1.165, 1.54) is 19.3 Å². The van der Waals surface area contributed by atoms with E-state index >= 15 is 0 Å². The Kier molecular flexibility index (Phi) is 1.92. The summed E-state index contributed by atoms with van der Waals surface area (Å²) in [5, 5.41) is 11.6. The van der Waals surface area contributed by atoms with Gasteiger partial charge < -0.3 is 9.84 Å². The molecule has 1 aliphatic heterocycles. The van der Waals surface area contributed by atoms with E-state index in [0.717, 1.165) is 6.42 Å². The van der Waals surface area contributed by atoms with Gasteiger partial charge in [0, 0.05) is 12.5 Å². The molecule has 4 heteroatoms. The average molecular weight is 171 g/mol. The van der Waals surface area contributed by atoms with Crippen molar-refractivity contribution in [3.63, 3.8) is 0 Å². The summed E-state index contributed by atoms with van der Waals surface area (Å²) in [5.74, 6) is 0.648. The molecule has 0 bridgehead atoms. The number of ether oxygens (including phenoxy) is 1. The van der Waals surface area contributed by atoms with Crippen LogP contribution in [-0.2, 0) is 4.74 Å². The van der Waals surface area contributed by atoms with Crippen LogP contribution in [0.4, 0.5) is 4.79 Å². The second kappa shape index (κ2) is 2.94. The van der Waals surface area contributed by atoms with Crippen molar-refractivity contribution in [2.45, 2.75) is 38.0 Å². The van der Waals surface area contributed by atoms with Crippen molar-refractivity contribution in [2.75, 3.05) is 0 Å². The van der Waals surface area contributed by atoms with Crippen molar-refractivity contribution >= 4 is 6.16 Å². The highest BCUT2D eigenvalue weighted by Crippen LogP contribution is 2.34. The normalized spacial score (nSPS) is 39.5. The first-order valence-electron chi connectivity index (χ1n) is 4.41. The third-order valence-corrected chi connectivity index (χ3v) is 2.82. The molecule has 1 heterocycles. The van der Waals surface area contributed by atoms with Gasteiger partial charge in [0.05, 0.1) is 0 Å². The molecule has 68 valence electrons. The van der Waals surface area contributed by atoms with Crippen LogP contribution < -0.4 is 5.32 Å². The van der Waals surface area contributed by atoms with E-state index in [4.69, 9.17) is 5.11 Å². The van der Waals surface area contributed by atoms with Crippen molar-refractivity contribution in [1.82, 2.24) is 5.32 Å². The van der Waals surface area contributed by atoms with Gasteiger partial charge in [0.2, 0.25) is 0 Å². The lowest BCUT2D eigenvalue weighted by molar-refractivity contribution is 0.0420. The van der Waals surface area contributed by atoms with E-state index in [9.17, 15) is 4.79 Å². The number of rotatable bonds is 1. The second-order valence-corrected chi connectivity index (χ2v) is 3.57. The summed E-state index contributed by atoms with van der Waals surface area (Å²) in [7, 11) is 0. The van der Waals surface area contributed by atoms with Crippen LogP contribution in [0.15, 0.2) is 0 Å². The van der Waals surface area contributed by atoms with Crippen LogP contribution in [0.5, 0.6) is 0 Å². The fourth-order valence-electron chi connectivity index (χ4n) is 2.32. The molecule has 0 amide bonds. The maximum Gasteiger partial charge on any atom is 0.507 e. The van der Waals surface area contributed by atoms with Crippen LogP contribution in [0.25, 0.3) is 0 Å². The van der Waals surface area contributed by atoms with Crippen LogP contribution in [0.1, 0.15) is 25.7 Å². The van der Waals surface area contributed by atoms with E-state index in [1.807, 2.05) is 0 Å². The largest absolute Gasteiger partial charge is 0.507 e. The summed E-state index contributed by atoms with van der Waals surface area (Å²) >= 11 is 0. The summed E-state index contributed by atoms with van der Waals surface area (Å²) in [5.41, 5.74) is 0. The van der Waals surface area contributed by atoms with Crippen molar-refractivity contribution in [2.24, 2.45) is 5.92 Å². The smallest absolute Gasteiger partial charge is 0.450 e. The fraction of sp³-hybridized carbons (Fsp3) is 0.875. The minimum atomic E-state index is -1.17. The number of fused-ring (bicyclic) bond motifs is 1. The van der Waals surface area contributed by atoms with Gasteiger partial charge in [0.25, 0.3) is 0 Å². The molecule has 1 aliphatic carbocycles. The van der Waals surface area contributed by atoms with Crippen molar-refractivity contribution < 1.29 is 14.6 Å². The van der Waals surface area contributed by atoms with Gasteiger partial charge >= 0.3 is 6.16 Å². The summed E-state index contributed by atoms with van der Waals surface area (Å²) in [4.78, 5) is 10.2. The standard InChI is InChI=1S/C8H13NO3/c10-8(11)12-7-4-5-2-1-3-6(5)9-7/h5-7,9H,1-4H2,(H,10,11)/t5-,6+,7?/m1/s1. The maximum atomic E-state index is 10.2. The molecule has 3 atom stereocenters. The lowest BCUT2D eigenvalue weighted by atomic mass is 10.0. The molecule has 1 saturated carbocycles. The second-order valence-electron chi connectivity index (χ2n) is 3.57. The van der Waals surface area contributed by atoms with Gasteiger partial charge in [-0.15, -0.1) is 0 Å². The Hall–Kier alpha value is -0.770. The summed E-state index contributed by atoms with van der Waals surface area (Å²) in [6, 6.07) is 0.509. The molecule has 1 unspecified atom stereocenters. The molecule has 2 rings (SSSR count). The molecule has 2 N–H and O–H groups in total. The van der Waals surface area contributed by atoms with E-state index in [0.29, 0.717) is 12.0 Å². The first-order chi connectivity index (χ1) is 5.75. The Morgan fingerprint density at radius 3 is 3.00 bits per heavy atom. The van der Waals surface area contributed by atoms with Crippen LogP contribution in [-0.4, -0.2) is 23.5 Å². The molecular formula is C8H13NO3. The summed E-state index contributed by atoms with van der Waals surface area (Å²) in [6.07, 6.45) is 3.09. The van der Waals surface area contributed by atoms with Gasteiger partial charge in [-0.3, -0.25) is 5.32 Å². The van der Waals surface area contributed by atoms with Crippen LogP contribution in [0, 0.1) is 5.92 Å². The zero-order valence-corrected chi connectivity index (χ0v) is 6.82. The van der Waals surface area contributed by atoms with Crippen LogP contribution >= 0.6 is 0 Å². The molecular weight excluding hydrogens is 158 g/mol. The number of hydrogen-bond acceptors (Lipinski definition) is 3. The van der Waals surface area contributed by atoms with Gasteiger partial charge in [-0.2, -0.15) is 0 Å². The molecule has 2 fully saturated rings. The highest BCUT2D eigenvalue weighted by Gasteiger charge is 2.38. The predicted molar refractivity (Wildman–Crippen MR) is 41.8 cm³/mol. The van der Waals surface area contributed by atoms with Crippen molar-refractivity contribution in [1.29, 1.82) is 0 Å². The molecule has 0 aromatic rings. The third kappa shape index (κ3) is 1.39.